The van der Waals surface area contributed by atoms with E-state index in [9.17, 15) is 14.7 Å². The molecule has 0 unspecified atom stereocenters. The van der Waals surface area contributed by atoms with Gasteiger partial charge >= 0.3 is 5.69 Å². The maximum absolute atomic E-state index is 12.5. The third-order valence-electron chi connectivity index (χ3n) is 6.54. The standard InChI is InChI=1S/C18H28N6O3.2ClH/c1-21-15-14(16(26)22(2)17(21)27)24(12-20-15)9-8-23-7-5-18(11-25)4-3-6-19-13(18)10-23;;/h12-13,19,25H,3-11H2,1-2H3;2*1H/t13-,18-;;/m1../s1. The Bertz CT molecular complexity index is 971. The fourth-order valence-corrected chi connectivity index (χ4v) is 4.68. The Kier molecular flexibility index (Phi) is 7.56. The van der Waals surface area contributed by atoms with E-state index < -0.39 is 0 Å². The van der Waals surface area contributed by atoms with Gasteiger partial charge in [-0.15, -0.1) is 24.8 Å². The lowest BCUT2D eigenvalue weighted by Gasteiger charge is -2.50. The molecular formula is C18H30Cl2N6O3. The summed E-state index contributed by atoms with van der Waals surface area (Å²) in [5, 5.41) is 13.5. The molecule has 2 atom stereocenters. The van der Waals surface area contributed by atoms with Crippen molar-refractivity contribution in [1.29, 1.82) is 0 Å². The third kappa shape index (κ3) is 3.98. The molecule has 0 aliphatic carbocycles. The summed E-state index contributed by atoms with van der Waals surface area (Å²) in [5.74, 6) is 0. The van der Waals surface area contributed by atoms with E-state index in [0.717, 1.165) is 50.0 Å². The number of rotatable bonds is 4. The van der Waals surface area contributed by atoms with Crippen molar-refractivity contribution in [1.82, 2.24) is 28.9 Å². The van der Waals surface area contributed by atoms with Crippen LogP contribution in [0.2, 0.25) is 0 Å². The number of aliphatic hydroxyl groups excluding tert-OH is 1. The van der Waals surface area contributed by atoms with Crippen LogP contribution in [0.25, 0.3) is 11.2 Å². The molecule has 0 saturated carbocycles. The Morgan fingerprint density at radius 2 is 1.97 bits per heavy atom. The van der Waals surface area contributed by atoms with Crippen LogP contribution >= 0.6 is 24.8 Å². The predicted octanol–water partition coefficient (Wildman–Crippen LogP) is -0.286. The van der Waals surface area contributed by atoms with Gasteiger partial charge in [0.25, 0.3) is 5.56 Å². The molecule has 164 valence electrons. The maximum atomic E-state index is 12.5. The van der Waals surface area contributed by atoms with Crippen LogP contribution in [0.5, 0.6) is 0 Å². The fourth-order valence-electron chi connectivity index (χ4n) is 4.68. The summed E-state index contributed by atoms with van der Waals surface area (Å²) in [7, 11) is 3.13. The first kappa shape index (κ1) is 23.9. The molecule has 0 spiro atoms. The molecule has 0 amide bonds. The van der Waals surface area contributed by atoms with Gasteiger partial charge in [0.15, 0.2) is 11.2 Å². The van der Waals surface area contributed by atoms with Gasteiger partial charge in [-0.05, 0) is 32.4 Å². The van der Waals surface area contributed by atoms with Gasteiger partial charge in [0, 0.05) is 45.2 Å². The van der Waals surface area contributed by atoms with Crippen molar-refractivity contribution in [3.8, 4) is 0 Å². The summed E-state index contributed by atoms with van der Waals surface area (Å²) in [6.45, 7) is 4.55. The van der Waals surface area contributed by atoms with Crippen molar-refractivity contribution in [3.63, 3.8) is 0 Å². The van der Waals surface area contributed by atoms with Crippen LogP contribution in [0.1, 0.15) is 19.3 Å². The van der Waals surface area contributed by atoms with Gasteiger partial charge in [0.1, 0.15) is 0 Å². The number of hydrogen-bond acceptors (Lipinski definition) is 6. The van der Waals surface area contributed by atoms with Gasteiger partial charge in [-0.1, -0.05) is 0 Å². The zero-order valence-electron chi connectivity index (χ0n) is 16.8. The van der Waals surface area contributed by atoms with Crippen molar-refractivity contribution >= 4 is 36.0 Å². The van der Waals surface area contributed by atoms with Gasteiger partial charge < -0.3 is 15.0 Å². The first-order valence-corrected chi connectivity index (χ1v) is 9.64. The predicted molar refractivity (Wildman–Crippen MR) is 116 cm³/mol. The Morgan fingerprint density at radius 3 is 2.69 bits per heavy atom. The summed E-state index contributed by atoms with van der Waals surface area (Å²) in [4.78, 5) is 31.3. The zero-order chi connectivity index (χ0) is 19.2. The SMILES string of the molecule is Cl.Cl.Cn1c(=O)c2c(ncn2CCN2CC[C@@]3(CO)CCCN[C@@H]3C2)n(C)c1=O. The Morgan fingerprint density at radius 1 is 1.21 bits per heavy atom. The van der Waals surface area contributed by atoms with Crippen LogP contribution in [-0.4, -0.2) is 67.5 Å². The highest BCUT2D eigenvalue weighted by Crippen LogP contribution is 2.38. The molecule has 0 radical (unpaired) electrons. The van der Waals surface area contributed by atoms with Gasteiger partial charge in [-0.25, -0.2) is 9.78 Å². The van der Waals surface area contributed by atoms with Gasteiger partial charge in [-0.2, -0.15) is 0 Å². The minimum Gasteiger partial charge on any atom is -0.396 e. The number of halogens is 2. The molecule has 2 saturated heterocycles. The molecular weight excluding hydrogens is 419 g/mol. The molecule has 29 heavy (non-hydrogen) atoms. The first-order chi connectivity index (χ1) is 13.0. The van der Waals surface area contributed by atoms with Crippen molar-refractivity contribution in [2.75, 3.05) is 32.8 Å². The molecule has 2 aromatic rings. The largest absolute Gasteiger partial charge is 0.396 e. The fraction of sp³-hybridized carbons (Fsp3) is 0.722. The number of imidazole rings is 1. The van der Waals surface area contributed by atoms with Crippen LogP contribution in [0.15, 0.2) is 15.9 Å². The lowest BCUT2D eigenvalue weighted by Crippen LogP contribution is -2.61. The molecule has 2 fully saturated rings. The van der Waals surface area contributed by atoms with Crippen molar-refractivity contribution in [2.45, 2.75) is 31.8 Å². The molecule has 0 aromatic carbocycles. The van der Waals surface area contributed by atoms with E-state index in [4.69, 9.17) is 0 Å². The minimum absolute atomic E-state index is 0. The Hall–Kier alpha value is -1.39. The van der Waals surface area contributed by atoms with Crippen molar-refractivity contribution < 1.29 is 5.11 Å². The normalized spacial score (nSPS) is 24.6. The van der Waals surface area contributed by atoms with Crippen LogP contribution in [0, 0.1) is 5.41 Å². The minimum atomic E-state index is -0.363. The van der Waals surface area contributed by atoms with Crippen LogP contribution in [0.3, 0.4) is 0 Å². The van der Waals surface area contributed by atoms with Gasteiger partial charge in [-0.3, -0.25) is 18.8 Å². The number of likely N-dealkylation sites (tertiary alicyclic amines) is 1. The number of piperidine rings is 2. The number of aryl methyl sites for hydroxylation is 1. The molecule has 9 nitrogen and oxygen atoms in total. The second-order valence-corrected chi connectivity index (χ2v) is 8.00. The van der Waals surface area contributed by atoms with E-state index >= 15 is 0 Å². The molecule has 2 aliphatic rings. The topological polar surface area (TPSA) is 97.3 Å². The lowest BCUT2D eigenvalue weighted by atomic mass is 9.70. The van der Waals surface area contributed by atoms with E-state index in [0.29, 0.717) is 23.8 Å². The Labute approximate surface area is 181 Å². The average Bonchev–Trinajstić information content (AvgIpc) is 3.13. The van der Waals surface area contributed by atoms with Gasteiger partial charge in [0.05, 0.1) is 12.9 Å². The summed E-state index contributed by atoms with van der Waals surface area (Å²) in [6, 6.07) is 0.318. The average molecular weight is 449 g/mol. The summed E-state index contributed by atoms with van der Waals surface area (Å²) < 4.78 is 4.39. The molecule has 4 rings (SSSR count). The van der Waals surface area contributed by atoms with E-state index in [1.165, 1.54) is 11.6 Å². The van der Waals surface area contributed by atoms with E-state index in [1.807, 2.05) is 4.57 Å². The second-order valence-electron chi connectivity index (χ2n) is 8.00. The maximum Gasteiger partial charge on any atom is 0.332 e. The number of hydrogen-bond donors (Lipinski definition) is 2. The molecule has 0 bridgehead atoms. The molecule has 11 heteroatoms. The molecule has 2 aliphatic heterocycles. The number of aliphatic hydroxyl groups is 1. The van der Waals surface area contributed by atoms with E-state index in [2.05, 4.69) is 15.2 Å². The van der Waals surface area contributed by atoms with Crippen LogP contribution in [0.4, 0.5) is 0 Å². The van der Waals surface area contributed by atoms with E-state index in [-0.39, 0.29) is 48.1 Å². The highest BCUT2D eigenvalue weighted by molar-refractivity contribution is 5.85. The first-order valence-electron chi connectivity index (χ1n) is 9.64. The smallest absolute Gasteiger partial charge is 0.332 e. The second kappa shape index (κ2) is 9.18. The zero-order valence-corrected chi connectivity index (χ0v) is 18.5. The number of nitrogens with zero attached hydrogens (tertiary/aromatic N) is 5. The quantitative estimate of drug-likeness (QED) is 0.666. The van der Waals surface area contributed by atoms with Crippen molar-refractivity contribution in [2.24, 2.45) is 19.5 Å². The van der Waals surface area contributed by atoms with Crippen molar-refractivity contribution in [3.05, 3.63) is 27.2 Å². The van der Waals surface area contributed by atoms with Crippen LogP contribution < -0.4 is 16.6 Å². The van der Waals surface area contributed by atoms with Gasteiger partial charge in [0.2, 0.25) is 0 Å². The molecule has 2 N–H and O–H groups in total. The van der Waals surface area contributed by atoms with E-state index in [1.54, 1.807) is 13.4 Å². The number of aromatic nitrogens is 4. The highest BCUT2D eigenvalue weighted by atomic mass is 35.5. The van der Waals surface area contributed by atoms with Crippen LogP contribution in [-0.2, 0) is 20.6 Å². The lowest BCUT2D eigenvalue weighted by molar-refractivity contribution is -0.0134. The highest BCUT2D eigenvalue weighted by Gasteiger charge is 2.43. The molecule has 4 heterocycles. The summed E-state index contributed by atoms with van der Waals surface area (Å²) >= 11 is 0. The third-order valence-corrected chi connectivity index (χ3v) is 6.54. The number of nitrogens with one attached hydrogen (secondary N) is 1. The summed E-state index contributed by atoms with van der Waals surface area (Å²) in [5.41, 5.74) is 0.243. The number of fused-ring (bicyclic) bond motifs is 2. The molecule has 2 aromatic heterocycles. The Balaban J connectivity index is 0.00000150. The summed E-state index contributed by atoms with van der Waals surface area (Å²) in [6.07, 6.45) is 4.85. The monoisotopic (exact) mass is 448 g/mol.